The molecule has 0 spiro atoms. The van der Waals surface area contributed by atoms with E-state index in [0.29, 0.717) is 12.8 Å². The van der Waals surface area contributed by atoms with E-state index < -0.39 is 28.6 Å². The molecule has 2 fully saturated rings. The van der Waals surface area contributed by atoms with Crippen molar-refractivity contribution in [2.75, 3.05) is 13.2 Å². The highest BCUT2D eigenvalue weighted by molar-refractivity contribution is 5.75. The SMILES string of the molecule is CC(CO)(NC(=O)NCC1(c2c(F)cccc2F)CC1)C1CC1. The first kappa shape index (κ1) is 16.2. The number of amides is 2. The van der Waals surface area contributed by atoms with Crippen LogP contribution in [0.3, 0.4) is 0 Å². The van der Waals surface area contributed by atoms with Gasteiger partial charge in [-0.15, -0.1) is 0 Å². The molecular weight excluding hydrogens is 302 g/mol. The molecule has 4 nitrogen and oxygen atoms in total. The van der Waals surface area contributed by atoms with E-state index in [0.717, 1.165) is 12.8 Å². The van der Waals surface area contributed by atoms with Gasteiger partial charge in [-0.3, -0.25) is 0 Å². The van der Waals surface area contributed by atoms with E-state index in [2.05, 4.69) is 10.6 Å². The lowest BCUT2D eigenvalue weighted by molar-refractivity contribution is 0.155. The molecule has 2 amide bonds. The van der Waals surface area contributed by atoms with Crippen LogP contribution >= 0.6 is 0 Å². The van der Waals surface area contributed by atoms with E-state index in [-0.39, 0.29) is 24.6 Å². The zero-order chi connectivity index (χ0) is 16.7. The quantitative estimate of drug-likeness (QED) is 0.753. The Morgan fingerprint density at radius 1 is 1.35 bits per heavy atom. The largest absolute Gasteiger partial charge is 0.394 e. The molecule has 2 aliphatic carbocycles. The van der Waals surface area contributed by atoms with E-state index in [1.807, 2.05) is 6.92 Å². The molecule has 3 rings (SSSR count). The number of urea groups is 1. The molecule has 0 aromatic heterocycles. The van der Waals surface area contributed by atoms with Crippen molar-refractivity contribution in [2.45, 2.75) is 43.6 Å². The average molecular weight is 324 g/mol. The number of rotatable bonds is 6. The number of carbonyl (C=O) groups is 1. The number of aliphatic hydroxyl groups is 1. The van der Waals surface area contributed by atoms with Gasteiger partial charge in [0.1, 0.15) is 11.6 Å². The highest BCUT2D eigenvalue weighted by Gasteiger charge is 2.48. The maximum absolute atomic E-state index is 13.9. The number of aliphatic hydroxyl groups excluding tert-OH is 1. The smallest absolute Gasteiger partial charge is 0.315 e. The van der Waals surface area contributed by atoms with E-state index >= 15 is 0 Å². The number of hydrogen-bond donors (Lipinski definition) is 3. The van der Waals surface area contributed by atoms with Crippen LogP contribution in [0.4, 0.5) is 13.6 Å². The third-order valence-electron chi connectivity index (χ3n) is 5.14. The second-order valence-corrected chi connectivity index (χ2v) is 7.03. The van der Waals surface area contributed by atoms with E-state index in [4.69, 9.17) is 0 Å². The van der Waals surface area contributed by atoms with Gasteiger partial charge in [-0.05, 0) is 50.7 Å². The molecule has 0 radical (unpaired) electrons. The van der Waals surface area contributed by atoms with Crippen molar-refractivity contribution in [1.29, 1.82) is 0 Å². The Kier molecular flexibility index (Phi) is 4.04. The van der Waals surface area contributed by atoms with E-state index in [9.17, 15) is 18.7 Å². The highest BCUT2D eigenvalue weighted by atomic mass is 19.1. The fraction of sp³-hybridized carbons (Fsp3) is 0.588. The summed E-state index contributed by atoms with van der Waals surface area (Å²) in [5.74, 6) is -0.845. The fourth-order valence-corrected chi connectivity index (χ4v) is 3.21. The van der Waals surface area contributed by atoms with Crippen molar-refractivity contribution < 1.29 is 18.7 Å². The van der Waals surface area contributed by atoms with Gasteiger partial charge in [0.25, 0.3) is 0 Å². The zero-order valence-electron chi connectivity index (χ0n) is 13.2. The van der Waals surface area contributed by atoms with Gasteiger partial charge >= 0.3 is 6.03 Å². The zero-order valence-corrected chi connectivity index (χ0v) is 13.2. The molecule has 1 aromatic rings. The Morgan fingerprint density at radius 3 is 2.43 bits per heavy atom. The standard InChI is InChI=1S/C17H22F2N2O2/c1-16(10-22,11-5-6-11)21-15(23)20-9-17(7-8-17)14-12(18)3-2-4-13(14)19/h2-4,11,22H,5-10H2,1H3,(H2,20,21,23). The first-order valence-corrected chi connectivity index (χ1v) is 8.02. The third kappa shape index (κ3) is 3.17. The van der Waals surface area contributed by atoms with Gasteiger partial charge in [-0.1, -0.05) is 6.07 Å². The van der Waals surface area contributed by atoms with Crippen LogP contribution in [0.25, 0.3) is 0 Å². The molecule has 0 heterocycles. The molecule has 126 valence electrons. The average Bonchev–Trinajstić information content (AvgIpc) is 3.38. The van der Waals surface area contributed by atoms with Gasteiger partial charge in [-0.2, -0.15) is 0 Å². The molecule has 6 heteroatoms. The van der Waals surface area contributed by atoms with Crippen molar-refractivity contribution in [1.82, 2.24) is 10.6 Å². The number of hydrogen-bond acceptors (Lipinski definition) is 2. The molecule has 1 aromatic carbocycles. The topological polar surface area (TPSA) is 61.4 Å². The van der Waals surface area contributed by atoms with Crippen LogP contribution in [0, 0.1) is 17.6 Å². The first-order chi connectivity index (χ1) is 10.9. The van der Waals surface area contributed by atoms with Crippen LogP contribution in [-0.2, 0) is 5.41 Å². The van der Waals surface area contributed by atoms with Gasteiger partial charge < -0.3 is 15.7 Å². The predicted octanol–water partition coefficient (Wildman–Crippen LogP) is 2.46. The number of benzene rings is 1. The van der Waals surface area contributed by atoms with Crippen molar-refractivity contribution >= 4 is 6.03 Å². The lowest BCUT2D eigenvalue weighted by atomic mass is 9.94. The van der Waals surface area contributed by atoms with Crippen molar-refractivity contribution in [3.63, 3.8) is 0 Å². The van der Waals surface area contributed by atoms with Crippen LogP contribution < -0.4 is 10.6 Å². The van der Waals surface area contributed by atoms with Gasteiger partial charge in [0.05, 0.1) is 12.1 Å². The summed E-state index contributed by atoms with van der Waals surface area (Å²) in [6.07, 6.45) is 3.26. The Balaban J connectivity index is 1.63. The summed E-state index contributed by atoms with van der Waals surface area (Å²) in [6, 6.07) is 3.42. The Bertz CT molecular complexity index is 594. The van der Waals surface area contributed by atoms with E-state index in [1.165, 1.54) is 18.2 Å². The Hall–Kier alpha value is -1.69. The molecule has 0 aliphatic heterocycles. The van der Waals surface area contributed by atoms with Crippen LogP contribution in [0.2, 0.25) is 0 Å². The summed E-state index contributed by atoms with van der Waals surface area (Å²) in [6.45, 7) is 1.87. The maximum Gasteiger partial charge on any atom is 0.315 e. The summed E-state index contributed by atoms with van der Waals surface area (Å²) in [4.78, 5) is 12.1. The fourth-order valence-electron chi connectivity index (χ4n) is 3.21. The molecule has 2 aliphatic rings. The summed E-state index contributed by atoms with van der Waals surface area (Å²) >= 11 is 0. The summed E-state index contributed by atoms with van der Waals surface area (Å²) in [5.41, 5.74) is -1.22. The second kappa shape index (κ2) is 5.74. The normalized spacial score (nSPS) is 21.4. The van der Waals surface area contributed by atoms with Gasteiger partial charge in [0.15, 0.2) is 0 Å². The minimum atomic E-state index is -0.651. The molecule has 3 N–H and O–H groups in total. The summed E-state index contributed by atoms with van der Waals surface area (Å²) in [7, 11) is 0. The predicted molar refractivity (Wildman–Crippen MR) is 82.0 cm³/mol. The van der Waals surface area contributed by atoms with Crippen molar-refractivity contribution in [2.24, 2.45) is 5.92 Å². The molecule has 1 unspecified atom stereocenters. The summed E-state index contributed by atoms with van der Waals surface area (Å²) < 4.78 is 27.9. The molecule has 23 heavy (non-hydrogen) atoms. The van der Waals surface area contributed by atoms with Crippen LogP contribution in [0.5, 0.6) is 0 Å². The number of carbonyl (C=O) groups excluding carboxylic acids is 1. The minimum absolute atomic E-state index is 0.0624. The Labute approximate surface area is 134 Å². The van der Waals surface area contributed by atoms with Gasteiger partial charge in [-0.25, -0.2) is 13.6 Å². The monoisotopic (exact) mass is 324 g/mol. The molecule has 0 bridgehead atoms. The highest BCUT2D eigenvalue weighted by Crippen LogP contribution is 2.49. The van der Waals surface area contributed by atoms with Crippen molar-refractivity contribution in [3.05, 3.63) is 35.4 Å². The number of halogens is 2. The van der Waals surface area contributed by atoms with Crippen LogP contribution in [0.1, 0.15) is 38.2 Å². The lowest BCUT2D eigenvalue weighted by Crippen LogP contribution is -2.55. The van der Waals surface area contributed by atoms with Crippen LogP contribution in [-0.4, -0.2) is 29.8 Å². The third-order valence-corrected chi connectivity index (χ3v) is 5.14. The van der Waals surface area contributed by atoms with Gasteiger partial charge in [0.2, 0.25) is 0 Å². The van der Waals surface area contributed by atoms with E-state index in [1.54, 1.807) is 0 Å². The van der Waals surface area contributed by atoms with Crippen molar-refractivity contribution in [3.8, 4) is 0 Å². The number of nitrogens with one attached hydrogen (secondary N) is 2. The molecule has 2 saturated carbocycles. The minimum Gasteiger partial charge on any atom is -0.394 e. The molecular formula is C17H22F2N2O2. The first-order valence-electron chi connectivity index (χ1n) is 8.02. The Morgan fingerprint density at radius 2 is 1.96 bits per heavy atom. The molecule has 0 saturated heterocycles. The lowest BCUT2D eigenvalue weighted by Gasteiger charge is -2.29. The molecule has 1 atom stereocenters. The van der Waals surface area contributed by atoms with Crippen LogP contribution in [0.15, 0.2) is 18.2 Å². The van der Waals surface area contributed by atoms with Gasteiger partial charge in [0, 0.05) is 17.5 Å². The second-order valence-electron chi connectivity index (χ2n) is 7.03. The maximum atomic E-state index is 13.9. The summed E-state index contributed by atoms with van der Waals surface area (Å²) in [5, 5.41) is 15.0.